The van der Waals surface area contributed by atoms with Crippen LogP contribution >= 0.6 is 11.6 Å². The highest BCUT2D eigenvalue weighted by atomic mass is 35.5. The zero-order valence-corrected chi connectivity index (χ0v) is 16.5. The lowest BCUT2D eigenvalue weighted by molar-refractivity contribution is 0.102. The molecule has 0 radical (unpaired) electrons. The molecule has 2 heterocycles. The Morgan fingerprint density at radius 1 is 1.17 bits per heavy atom. The standard InChI is InChI=1S/C22H17ClFN3O2/c1-13-7-8-27-12-19(25-21(27)9-13)14-3-6-20(29-2)18(10-14)26-22(28)16-5-4-15(24)11-17(16)23/h3-12H,1-2H3,(H,26,28). The number of hydrogen-bond donors (Lipinski definition) is 1. The van der Waals surface area contributed by atoms with Gasteiger partial charge in [0.1, 0.15) is 17.2 Å². The summed E-state index contributed by atoms with van der Waals surface area (Å²) in [7, 11) is 1.52. The fraction of sp³-hybridized carbons (Fsp3) is 0.0909. The molecule has 4 aromatic rings. The van der Waals surface area contributed by atoms with E-state index in [0.717, 1.165) is 28.5 Å². The molecule has 1 N–H and O–H groups in total. The van der Waals surface area contributed by atoms with E-state index in [1.54, 1.807) is 12.1 Å². The second-order valence-corrected chi connectivity index (χ2v) is 7.00. The lowest BCUT2D eigenvalue weighted by Crippen LogP contribution is -2.13. The van der Waals surface area contributed by atoms with Gasteiger partial charge in [-0.15, -0.1) is 0 Å². The maximum Gasteiger partial charge on any atom is 0.257 e. The minimum Gasteiger partial charge on any atom is -0.495 e. The van der Waals surface area contributed by atoms with E-state index in [-0.39, 0.29) is 10.6 Å². The molecule has 0 saturated carbocycles. The van der Waals surface area contributed by atoms with Gasteiger partial charge in [-0.05, 0) is 61.0 Å². The largest absolute Gasteiger partial charge is 0.495 e. The van der Waals surface area contributed by atoms with Gasteiger partial charge in [0, 0.05) is 18.0 Å². The summed E-state index contributed by atoms with van der Waals surface area (Å²) in [5, 5.41) is 2.82. The Morgan fingerprint density at radius 3 is 2.76 bits per heavy atom. The van der Waals surface area contributed by atoms with Gasteiger partial charge in [0.05, 0.1) is 29.1 Å². The molecule has 2 aromatic heterocycles. The number of ether oxygens (including phenoxy) is 1. The predicted molar refractivity (Wildman–Crippen MR) is 111 cm³/mol. The second-order valence-electron chi connectivity index (χ2n) is 6.59. The molecule has 0 saturated heterocycles. The number of carbonyl (C=O) groups is 1. The minimum absolute atomic E-state index is 0.0355. The normalized spacial score (nSPS) is 10.9. The molecular weight excluding hydrogens is 393 g/mol. The number of aromatic nitrogens is 2. The lowest BCUT2D eigenvalue weighted by Gasteiger charge is -2.12. The third kappa shape index (κ3) is 3.79. The smallest absolute Gasteiger partial charge is 0.257 e. The van der Waals surface area contributed by atoms with Crippen molar-refractivity contribution in [2.75, 3.05) is 12.4 Å². The number of halogens is 2. The third-order valence-corrected chi connectivity index (χ3v) is 4.85. The summed E-state index contributed by atoms with van der Waals surface area (Å²) in [6.45, 7) is 2.01. The fourth-order valence-electron chi connectivity index (χ4n) is 3.05. The van der Waals surface area contributed by atoms with Gasteiger partial charge in [0.15, 0.2) is 0 Å². The maximum absolute atomic E-state index is 13.3. The summed E-state index contributed by atoms with van der Waals surface area (Å²) in [4.78, 5) is 17.3. The van der Waals surface area contributed by atoms with Crippen molar-refractivity contribution >= 4 is 28.8 Å². The van der Waals surface area contributed by atoms with E-state index in [1.165, 1.54) is 19.2 Å². The number of imidazole rings is 1. The summed E-state index contributed by atoms with van der Waals surface area (Å²) in [5.74, 6) is -0.482. The third-order valence-electron chi connectivity index (χ3n) is 4.53. The first-order valence-electron chi connectivity index (χ1n) is 8.85. The zero-order chi connectivity index (χ0) is 20.5. The van der Waals surface area contributed by atoms with Crippen molar-refractivity contribution in [3.05, 3.63) is 82.9 Å². The molecule has 0 bridgehead atoms. The number of carbonyl (C=O) groups excluding carboxylic acids is 1. The number of nitrogens with one attached hydrogen (secondary N) is 1. The highest BCUT2D eigenvalue weighted by Gasteiger charge is 2.15. The van der Waals surface area contributed by atoms with Gasteiger partial charge in [-0.25, -0.2) is 9.37 Å². The number of hydrogen-bond acceptors (Lipinski definition) is 3. The van der Waals surface area contributed by atoms with Crippen molar-refractivity contribution in [1.82, 2.24) is 9.38 Å². The van der Waals surface area contributed by atoms with Gasteiger partial charge in [-0.3, -0.25) is 4.79 Å². The Hall–Kier alpha value is -3.38. The van der Waals surface area contributed by atoms with Crippen LogP contribution in [0.5, 0.6) is 5.75 Å². The molecule has 2 aromatic carbocycles. The van der Waals surface area contributed by atoms with Crippen LogP contribution in [0.2, 0.25) is 5.02 Å². The van der Waals surface area contributed by atoms with E-state index >= 15 is 0 Å². The summed E-state index contributed by atoms with van der Waals surface area (Å²) in [5.41, 5.74) is 4.15. The van der Waals surface area contributed by atoms with Gasteiger partial charge >= 0.3 is 0 Å². The number of amides is 1. The summed E-state index contributed by atoms with van der Waals surface area (Å²) in [6, 6.07) is 13.0. The van der Waals surface area contributed by atoms with Crippen LogP contribution < -0.4 is 10.1 Å². The highest BCUT2D eigenvalue weighted by Crippen LogP contribution is 2.31. The number of benzene rings is 2. The number of rotatable bonds is 4. The number of fused-ring (bicyclic) bond motifs is 1. The summed E-state index contributed by atoms with van der Waals surface area (Å²) in [6.07, 6.45) is 3.86. The van der Waals surface area contributed by atoms with Crippen LogP contribution in [0.1, 0.15) is 15.9 Å². The SMILES string of the molecule is COc1ccc(-c2cn3ccc(C)cc3n2)cc1NC(=O)c1ccc(F)cc1Cl. The topological polar surface area (TPSA) is 55.6 Å². The molecule has 0 unspecified atom stereocenters. The predicted octanol–water partition coefficient (Wildman–Crippen LogP) is 5.36. The van der Waals surface area contributed by atoms with Gasteiger partial charge in [0.25, 0.3) is 5.91 Å². The number of pyridine rings is 1. The monoisotopic (exact) mass is 409 g/mol. The number of aryl methyl sites for hydroxylation is 1. The molecule has 0 aliphatic carbocycles. The molecule has 1 amide bonds. The first-order valence-corrected chi connectivity index (χ1v) is 9.22. The molecule has 0 aliphatic heterocycles. The Balaban J connectivity index is 1.70. The van der Waals surface area contributed by atoms with E-state index in [2.05, 4.69) is 10.3 Å². The Kier molecular flexibility index (Phi) is 4.94. The minimum atomic E-state index is -0.506. The quantitative estimate of drug-likeness (QED) is 0.493. The Morgan fingerprint density at radius 2 is 2.00 bits per heavy atom. The number of methoxy groups -OCH3 is 1. The molecule has 7 heteroatoms. The van der Waals surface area contributed by atoms with Gasteiger partial charge < -0.3 is 14.5 Å². The van der Waals surface area contributed by atoms with E-state index < -0.39 is 11.7 Å². The van der Waals surface area contributed by atoms with Crippen LogP contribution in [-0.2, 0) is 0 Å². The van der Waals surface area contributed by atoms with Crippen molar-refractivity contribution in [3.8, 4) is 17.0 Å². The van der Waals surface area contributed by atoms with E-state index in [1.807, 2.05) is 41.9 Å². The summed E-state index contributed by atoms with van der Waals surface area (Å²) >= 11 is 6.00. The summed E-state index contributed by atoms with van der Waals surface area (Å²) < 4.78 is 20.6. The molecule has 5 nitrogen and oxygen atoms in total. The van der Waals surface area contributed by atoms with Crippen LogP contribution in [-0.4, -0.2) is 22.4 Å². The van der Waals surface area contributed by atoms with Crippen LogP contribution in [0, 0.1) is 12.7 Å². The van der Waals surface area contributed by atoms with E-state index in [0.29, 0.717) is 11.4 Å². The van der Waals surface area contributed by atoms with Crippen LogP contribution in [0.15, 0.2) is 60.9 Å². The first-order chi connectivity index (χ1) is 13.9. The van der Waals surface area contributed by atoms with Crippen molar-refractivity contribution < 1.29 is 13.9 Å². The molecule has 0 atom stereocenters. The van der Waals surface area contributed by atoms with Crippen molar-refractivity contribution in [3.63, 3.8) is 0 Å². The first kappa shape index (κ1) is 19.0. The highest BCUT2D eigenvalue weighted by molar-refractivity contribution is 6.34. The van der Waals surface area contributed by atoms with Gasteiger partial charge in [-0.2, -0.15) is 0 Å². The lowest BCUT2D eigenvalue weighted by atomic mass is 10.1. The fourth-order valence-corrected chi connectivity index (χ4v) is 3.30. The van der Waals surface area contributed by atoms with E-state index in [4.69, 9.17) is 16.3 Å². The van der Waals surface area contributed by atoms with Crippen molar-refractivity contribution in [2.24, 2.45) is 0 Å². The molecule has 4 rings (SSSR count). The number of anilines is 1. The average molecular weight is 410 g/mol. The molecular formula is C22H17ClFN3O2. The second kappa shape index (κ2) is 7.56. The van der Waals surface area contributed by atoms with Crippen LogP contribution in [0.25, 0.3) is 16.9 Å². The zero-order valence-electron chi connectivity index (χ0n) is 15.7. The maximum atomic E-state index is 13.3. The molecule has 29 heavy (non-hydrogen) atoms. The molecule has 0 aliphatic rings. The van der Waals surface area contributed by atoms with Crippen molar-refractivity contribution in [1.29, 1.82) is 0 Å². The van der Waals surface area contributed by atoms with E-state index in [9.17, 15) is 9.18 Å². The van der Waals surface area contributed by atoms with Crippen LogP contribution in [0.4, 0.5) is 10.1 Å². The van der Waals surface area contributed by atoms with Gasteiger partial charge in [0.2, 0.25) is 0 Å². The average Bonchev–Trinajstić information content (AvgIpc) is 3.11. The van der Waals surface area contributed by atoms with Crippen molar-refractivity contribution in [2.45, 2.75) is 6.92 Å². The molecule has 146 valence electrons. The Bertz CT molecular complexity index is 1240. The Labute approximate surface area is 171 Å². The van der Waals surface area contributed by atoms with Crippen LogP contribution in [0.3, 0.4) is 0 Å². The number of nitrogens with zero attached hydrogens (tertiary/aromatic N) is 2. The van der Waals surface area contributed by atoms with Gasteiger partial charge in [-0.1, -0.05) is 11.6 Å². The molecule has 0 fully saturated rings. The molecule has 0 spiro atoms.